The van der Waals surface area contributed by atoms with Gasteiger partial charge in [0.15, 0.2) is 0 Å². The summed E-state index contributed by atoms with van der Waals surface area (Å²) in [5.41, 5.74) is 7.61. The minimum absolute atomic E-state index is 0.442. The highest BCUT2D eigenvalue weighted by Gasteiger charge is 2.02. The second-order valence-corrected chi connectivity index (χ2v) is 4.69. The molecule has 0 bridgehead atoms. The molecule has 0 aliphatic rings. The average Bonchev–Trinajstić information content (AvgIpc) is 2.28. The lowest BCUT2D eigenvalue weighted by molar-refractivity contribution is 0.305. The highest BCUT2D eigenvalue weighted by atomic mass is 32.1. The van der Waals surface area contributed by atoms with Gasteiger partial charge in [-0.25, -0.2) is 0 Å². The largest absolute Gasteiger partial charge is 0.494 e. The number of hydrogen-bond acceptors (Lipinski definition) is 2. The van der Waals surface area contributed by atoms with E-state index in [0.29, 0.717) is 4.99 Å². The van der Waals surface area contributed by atoms with Crippen molar-refractivity contribution in [2.24, 2.45) is 5.73 Å². The Bertz CT molecular complexity index is 376. The van der Waals surface area contributed by atoms with Gasteiger partial charge in [0.25, 0.3) is 0 Å². The predicted molar refractivity (Wildman–Crippen MR) is 76.7 cm³/mol. The molecule has 0 spiro atoms. The van der Waals surface area contributed by atoms with Gasteiger partial charge in [-0.15, -0.1) is 0 Å². The number of aryl methyl sites for hydroxylation is 1. The van der Waals surface area contributed by atoms with E-state index < -0.39 is 0 Å². The van der Waals surface area contributed by atoms with Crippen LogP contribution >= 0.6 is 12.2 Å². The minimum Gasteiger partial charge on any atom is -0.494 e. The molecule has 2 nitrogen and oxygen atoms in total. The van der Waals surface area contributed by atoms with Crippen molar-refractivity contribution in [3.63, 3.8) is 0 Å². The zero-order valence-corrected chi connectivity index (χ0v) is 11.5. The van der Waals surface area contributed by atoms with Gasteiger partial charge in [-0.05, 0) is 37.1 Å². The molecule has 0 heterocycles. The van der Waals surface area contributed by atoms with E-state index in [4.69, 9.17) is 22.7 Å². The molecule has 1 rings (SSSR count). The van der Waals surface area contributed by atoms with Gasteiger partial charge in [0.05, 0.1) is 6.61 Å². The highest BCUT2D eigenvalue weighted by molar-refractivity contribution is 7.80. The van der Waals surface area contributed by atoms with Crippen molar-refractivity contribution < 1.29 is 4.74 Å². The van der Waals surface area contributed by atoms with Gasteiger partial charge in [0.2, 0.25) is 0 Å². The molecule has 2 N–H and O–H groups in total. The monoisotopic (exact) mass is 251 g/mol. The Morgan fingerprint density at radius 3 is 2.65 bits per heavy atom. The highest BCUT2D eigenvalue weighted by Crippen LogP contribution is 2.17. The van der Waals surface area contributed by atoms with E-state index in [1.807, 2.05) is 25.1 Å². The van der Waals surface area contributed by atoms with Crippen LogP contribution in [0.4, 0.5) is 0 Å². The van der Waals surface area contributed by atoms with E-state index in [0.717, 1.165) is 29.9 Å². The summed E-state index contributed by atoms with van der Waals surface area (Å²) in [6.45, 7) is 4.99. The van der Waals surface area contributed by atoms with E-state index in [2.05, 4.69) is 6.92 Å². The van der Waals surface area contributed by atoms with Crippen LogP contribution in [0.3, 0.4) is 0 Å². The molecular weight excluding hydrogens is 230 g/mol. The molecule has 0 amide bonds. The fraction of sp³-hybridized carbons (Fsp3) is 0.500. The summed E-state index contributed by atoms with van der Waals surface area (Å²) in [7, 11) is 0. The Hall–Kier alpha value is -1.09. The Morgan fingerprint density at radius 1 is 1.29 bits per heavy atom. The second-order valence-electron chi connectivity index (χ2n) is 4.25. The van der Waals surface area contributed by atoms with Gasteiger partial charge >= 0.3 is 0 Å². The van der Waals surface area contributed by atoms with Crippen molar-refractivity contribution in [3.05, 3.63) is 29.3 Å². The molecule has 0 aliphatic heterocycles. The summed E-state index contributed by atoms with van der Waals surface area (Å²) in [5.74, 6) is 0.902. The number of rotatable bonds is 7. The Balaban J connectivity index is 2.45. The fourth-order valence-electron chi connectivity index (χ4n) is 1.72. The fourth-order valence-corrected chi connectivity index (χ4v) is 1.95. The minimum atomic E-state index is 0.442. The molecule has 0 fully saturated rings. The summed E-state index contributed by atoms with van der Waals surface area (Å²) in [5, 5.41) is 0. The molecule has 3 heteroatoms. The SMILES string of the molecule is CCCCCCOc1ccc(C(N)=S)c(C)c1. The zero-order chi connectivity index (χ0) is 12.7. The topological polar surface area (TPSA) is 35.2 Å². The molecule has 1 aromatic carbocycles. The summed E-state index contributed by atoms with van der Waals surface area (Å²) >= 11 is 4.97. The van der Waals surface area contributed by atoms with Crippen LogP contribution in [-0.2, 0) is 0 Å². The lowest BCUT2D eigenvalue weighted by Gasteiger charge is -2.09. The van der Waals surface area contributed by atoms with Gasteiger partial charge in [0, 0.05) is 5.56 Å². The molecule has 0 atom stereocenters. The maximum absolute atomic E-state index is 5.68. The van der Waals surface area contributed by atoms with Gasteiger partial charge in [-0.1, -0.05) is 38.4 Å². The van der Waals surface area contributed by atoms with Crippen LogP contribution in [0.15, 0.2) is 18.2 Å². The van der Waals surface area contributed by atoms with Crippen LogP contribution in [0, 0.1) is 6.92 Å². The van der Waals surface area contributed by atoms with Crippen molar-refractivity contribution in [2.75, 3.05) is 6.61 Å². The van der Waals surface area contributed by atoms with Gasteiger partial charge in [-0.2, -0.15) is 0 Å². The standard InChI is InChI=1S/C14H21NOS/c1-3-4-5-6-9-16-12-7-8-13(14(15)17)11(2)10-12/h7-8,10H,3-6,9H2,1-2H3,(H2,15,17). The first-order chi connectivity index (χ1) is 8.15. The smallest absolute Gasteiger partial charge is 0.119 e. The molecule has 17 heavy (non-hydrogen) atoms. The molecule has 0 aliphatic carbocycles. The molecule has 0 aromatic heterocycles. The summed E-state index contributed by atoms with van der Waals surface area (Å²) in [6.07, 6.45) is 4.88. The second kappa shape index (κ2) is 7.28. The zero-order valence-electron chi connectivity index (χ0n) is 10.7. The first kappa shape index (κ1) is 14.0. The lowest BCUT2D eigenvalue weighted by Crippen LogP contribution is -2.11. The van der Waals surface area contributed by atoms with E-state index in [-0.39, 0.29) is 0 Å². The van der Waals surface area contributed by atoms with Gasteiger partial charge in [0.1, 0.15) is 10.7 Å². The third-order valence-electron chi connectivity index (χ3n) is 2.73. The number of benzene rings is 1. The van der Waals surface area contributed by atoms with Crippen molar-refractivity contribution in [2.45, 2.75) is 39.5 Å². The number of thiocarbonyl (C=S) groups is 1. The predicted octanol–water partition coefficient (Wildman–Crippen LogP) is 3.59. The molecule has 0 saturated heterocycles. The first-order valence-corrected chi connectivity index (χ1v) is 6.59. The Kier molecular flexibility index (Phi) is 5.98. The summed E-state index contributed by atoms with van der Waals surface area (Å²) < 4.78 is 5.68. The van der Waals surface area contributed by atoms with Crippen LogP contribution < -0.4 is 10.5 Å². The number of unbranched alkanes of at least 4 members (excludes halogenated alkanes) is 3. The molecule has 94 valence electrons. The van der Waals surface area contributed by atoms with E-state index in [1.54, 1.807) is 0 Å². The van der Waals surface area contributed by atoms with Crippen molar-refractivity contribution in [3.8, 4) is 5.75 Å². The maximum Gasteiger partial charge on any atom is 0.119 e. The number of nitrogens with two attached hydrogens (primary N) is 1. The summed E-state index contributed by atoms with van der Waals surface area (Å²) in [6, 6.07) is 5.86. The van der Waals surface area contributed by atoms with Crippen LogP contribution in [0.1, 0.15) is 43.7 Å². The van der Waals surface area contributed by atoms with Gasteiger partial charge < -0.3 is 10.5 Å². The van der Waals surface area contributed by atoms with E-state index in [9.17, 15) is 0 Å². The molecular formula is C14H21NOS. The van der Waals surface area contributed by atoms with Crippen molar-refractivity contribution in [1.82, 2.24) is 0 Å². The third-order valence-corrected chi connectivity index (χ3v) is 2.95. The normalized spacial score (nSPS) is 10.2. The first-order valence-electron chi connectivity index (χ1n) is 6.18. The number of ether oxygens (including phenoxy) is 1. The molecule has 0 unspecified atom stereocenters. The third kappa shape index (κ3) is 4.73. The van der Waals surface area contributed by atoms with Crippen LogP contribution in [0.2, 0.25) is 0 Å². The van der Waals surface area contributed by atoms with Crippen molar-refractivity contribution >= 4 is 17.2 Å². The van der Waals surface area contributed by atoms with Crippen LogP contribution in [-0.4, -0.2) is 11.6 Å². The van der Waals surface area contributed by atoms with Crippen LogP contribution in [0.25, 0.3) is 0 Å². The lowest BCUT2D eigenvalue weighted by atomic mass is 10.1. The Morgan fingerprint density at radius 2 is 2.06 bits per heavy atom. The average molecular weight is 251 g/mol. The van der Waals surface area contributed by atoms with E-state index >= 15 is 0 Å². The molecule has 0 saturated carbocycles. The van der Waals surface area contributed by atoms with Gasteiger partial charge in [-0.3, -0.25) is 0 Å². The quantitative estimate of drug-likeness (QED) is 0.594. The maximum atomic E-state index is 5.68. The van der Waals surface area contributed by atoms with Crippen molar-refractivity contribution in [1.29, 1.82) is 0 Å². The number of hydrogen-bond donors (Lipinski definition) is 1. The van der Waals surface area contributed by atoms with E-state index in [1.165, 1.54) is 19.3 Å². The molecule has 0 radical (unpaired) electrons. The Labute approximate surface area is 109 Å². The van der Waals surface area contributed by atoms with Crippen LogP contribution in [0.5, 0.6) is 5.75 Å². The molecule has 1 aromatic rings. The summed E-state index contributed by atoms with van der Waals surface area (Å²) in [4.78, 5) is 0.442.